The third-order valence-electron chi connectivity index (χ3n) is 6.25. The zero-order valence-electron chi connectivity index (χ0n) is 18.6. The van der Waals surface area contributed by atoms with Crippen LogP contribution >= 0.6 is 0 Å². The molecular formula is C24H30N4O5. The Hall–Kier alpha value is -3.30. The molecule has 2 amide bonds. The van der Waals surface area contributed by atoms with Crippen molar-refractivity contribution in [3.05, 3.63) is 54.6 Å². The van der Waals surface area contributed by atoms with Gasteiger partial charge in [0.2, 0.25) is 11.8 Å². The molecule has 2 heterocycles. The van der Waals surface area contributed by atoms with E-state index in [9.17, 15) is 14.8 Å². The quantitative estimate of drug-likeness (QED) is 0.446. The number of hydrogen-bond donors (Lipinski definition) is 3. The normalized spacial score (nSPS) is 23.0. The third-order valence-corrected chi connectivity index (χ3v) is 6.25. The minimum absolute atomic E-state index is 0.129. The highest BCUT2D eigenvalue weighted by atomic mass is 16.5. The van der Waals surface area contributed by atoms with Gasteiger partial charge in [0.15, 0.2) is 0 Å². The second-order valence-corrected chi connectivity index (χ2v) is 8.27. The molecule has 0 bridgehead atoms. The maximum absolute atomic E-state index is 13.3. The number of anilines is 1. The van der Waals surface area contributed by atoms with Gasteiger partial charge in [-0.15, -0.1) is 0 Å². The number of hydroxylamine groups is 1. The van der Waals surface area contributed by atoms with E-state index >= 15 is 0 Å². The number of benzene rings is 2. The van der Waals surface area contributed by atoms with E-state index in [1.54, 1.807) is 23.6 Å². The van der Waals surface area contributed by atoms with Gasteiger partial charge in [-0.3, -0.25) is 14.8 Å². The zero-order valence-corrected chi connectivity index (χ0v) is 18.6. The number of piperidine rings is 1. The molecule has 0 radical (unpaired) electrons. The molecule has 176 valence electrons. The lowest BCUT2D eigenvalue weighted by Gasteiger charge is -2.41. The Labute approximate surface area is 193 Å². The van der Waals surface area contributed by atoms with Gasteiger partial charge in [-0.2, -0.15) is 0 Å². The Morgan fingerprint density at radius 2 is 1.76 bits per heavy atom. The number of ether oxygens (including phenoxy) is 2. The van der Waals surface area contributed by atoms with Gasteiger partial charge in [-0.05, 0) is 30.7 Å². The molecule has 3 N–H and O–H groups in total. The predicted molar refractivity (Wildman–Crippen MR) is 122 cm³/mol. The first-order chi connectivity index (χ1) is 16.1. The van der Waals surface area contributed by atoms with Crippen molar-refractivity contribution in [1.29, 1.82) is 0 Å². The number of nitrogens with one attached hydrogen (secondary N) is 2. The van der Waals surface area contributed by atoms with Crippen LogP contribution in [0.15, 0.2) is 54.6 Å². The van der Waals surface area contributed by atoms with Crippen molar-refractivity contribution >= 4 is 17.5 Å². The molecule has 2 aliphatic heterocycles. The van der Waals surface area contributed by atoms with E-state index in [1.807, 2.05) is 36.4 Å². The zero-order chi connectivity index (χ0) is 23.2. The number of piperazine rings is 1. The first-order valence-electron chi connectivity index (χ1n) is 11.2. The molecule has 3 unspecified atom stereocenters. The maximum atomic E-state index is 13.3. The minimum Gasteiger partial charge on any atom is -0.497 e. The molecule has 2 saturated heterocycles. The Bertz CT molecular complexity index is 949. The monoisotopic (exact) mass is 454 g/mol. The fourth-order valence-electron chi connectivity index (χ4n) is 4.48. The summed E-state index contributed by atoms with van der Waals surface area (Å²) in [7, 11) is 1.58. The summed E-state index contributed by atoms with van der Waals surface area (Å²) in [4.78, 5) is 29.8. The van der Waals surface area contributed by atoms with Crippen molar-refractivity contribution in [2.24, 2.45) is 5.92 Å². The van der Waals surface area contributed by atoms with Crippen molar-refractivity contribution in [3.8, 4) is 11.5 Å². The third kappa shape index (κ3) is 5.37. The number of hydrogen-bond acceptors (Lipinski definition) is 7. The van der Waals surface area contributed by atoms with E-state index in [0.717, 1.165) is 18.8 Å². The molecule has 0 aliphatic carbocycles. The molecule has 0 aromatic heterocycles. The summed E-state index contributed by atoms with van der Waals surface area (Å²) in [6.07, 6.45) is -0.0323. The van der Waals surface area contributed by atoms with Crippen LogP contribution in [0.5, 0.6) is 11.5 Å². The number of carbonyl (C=O) groups is 2. The topological polar surface area (TPSA) is 103 Å². The summed E-state index contributed by atoms with van der Waals surface area (Å²) in [6.45, 7) is 3.00. The Kier molecular flexibility index (Phi) is 7.31. The van der Waals surface area contributed by atoms with Crippen molar-refractivity contribution in [2.45, 2.75) is 18.6 Å². The molecular weight excluding hydrogens is 424 g/mol. The fourth-order valence-corrected chi connectivity index (χ4v) is 4.48. The maximum Gasteiger partial charge on any atom is 0.248 e. The number of carbonyl (C=O) groups excluding carboxylic acids is 2. The van der Waals surface area contributed by atoms with Crippen molar-refractivity contribution in [1.82, 2.24) is 15.7 Å². The predicted octanol–water partition coefficient (Wildman–Crippen LogP) is 1.27. The molecule has 0 spiro atoms. The lowest BCUT2D eigenvalue weighted by atomic mass is 9.87. The first kappa shape index (κ1) is 22.9. The lowest BCUT2D eigenvalue weighted by molar-refractivity contribution is -0.145. The number of amides is 2. The summed E-state index contributed by atoms with van der Waals surface area (Å²) < 4.78 is 11.2. The molecule has 9 nitrogen and oxygen atoms in total. The van der Waals surface area contributed by atoms with Crippen LogP contribution in [0.25, 0.3) is 0 Å². The van der Waals surface area contributed by atoms with Gasteiger partial charge in [-0.25, -0.2) is 5.48 Å². The highest BCUT2D eigenvalue weighted by Gasteiger charge is 2.42. The number of para-hydroxylation sites is 1. The van der Waals surface area contributed by atoms with Gasteiger partial charge in [0.05, 0.1) is 19.1 Å². The highest BCUT2D eigenvalue weighted by Crippen LogP contribution is 2.26. The Morgan fingerprint density at radius 1 is 1.03 bits per heavy atom. The molecule has 2 aliphatic rings. The van der Waals surface area contributed by atoms with Gasteiger partial charge < -0.3 is 24.6 Å². The van der Waals surface area contributed by atoms with Gasteiger partial charge in [0, 0.05) is 44.5 Å². The van der Waals surface area contributed by atoms with Crippen LogP contribution in [0.1, 0.15) is 6.42 Å². The van der Waals surface area contributed by atoms with Crippen molar-refractivity contribution in [2.75, 3.05) is 44.7 Å². The number of nitrogens with zero attached hydrogens (tertiary/aromatic N) is 2. The summed E-state index contributed by atoms with van der Waals surface area (Å²) in [5, 5.41) is 12.5. The van der Waals surface area contributed by atoms with E-state index < -0.39 is 17.9 Å². The second-order valence-electron chi connectivity index (χ2n) is 8.27. The summed E-state index contributed by atoms with van der Waals surface area (Å²) in [5.41, 5.74) is 2.85. The SMILES string of the molecule is COc1cccc(OC2CNC(C(=O)N3CCN(c4ccccc4)CC3)C(C(=O)NO)C2)c1. The summed E-state index contributed by atoms with van der Waals surface area (Å²) >= 11 is 0. The highest BCUT2D eigenvalue weighted by molar-refractivity contribution is 5.90. The van der Waals surface area contributed by atoms with Crippen molar-refractivity contribution < 1.29 is 24.3 Å². The van der Waals surface area contributed by atoms with Crippen LogP contribution in [-0.4, -0.2) is 73.9 Å². The summed E-state index contributed by atoms with van der Waals surface area (Å²) in [6, 6.07) is 16.6. The Morgan fingerprint density at radius 3 is 2.45 bits per heavy atom. The first-order valence-corrected chi connectivity index (χ1v) is 11.2. The van der Waals surface area contributed by atoms with Crippen LogP contribution < -0.4 is 25.2 Å². The smallest absolute Gasteiger partial charge is 0.248 e. The average Bonchev–Trinajstić information content (AvgIpc) is 2.88. The standard InChI is InChI=1S/C24H30N4O5/c1-32-18-8-5-9-19(14-18)33-20-15-21(23(29)26-31)22(25-16-20)24(30)28-12-10-27(11-13-28)17-6-3-2-4-7-17/h2-9,14,20-22,25,31H,10-13,15-16H2,1H3,(H,26,29). The van der Waals surface area contributed by atoms with E-state index in [0.29, 0.717) is 37.6 Å². The summed E-state index contributed by atoms with van der Waals surface area (Å²) in [5.74, 6) is -0.187. The van der Waals surface area contributed by atoms with E-state index in [4.69, 9.17) is 9.47 Å². The van der Waals surface area contributed by atoms with Crippen LogP contribution in [0.4, 0.5) is 5.69 Å². The van der Waals surface area contributed by atoms with Crippen LogP contribution in [0, 0.1) is 5.92 Å². The number of methoxy groups -OCH3 is 1. The second kappa shape index (κ2) is 10.5. The molecule has 3 atom stereocenters. The lowest BCUT2D eigenvalue weighted by Crippen LogP contribution is -2.62. The van der Waals surface area contributed by atoms with E-state index in [-0.39, 0.29) is 12.0 Å². The van der Waals surface area contributed by atoms with Gasteiger partial charge >= 0.3 is 0 Å². The fraction of sp³-hybridized carbons (Fsp3) is 0.417. The van der Waals surface area contributed by atoms with Crippen LogP contribution in [0.3, 0.4) is 0 Å². The average molecular weight is 455 g/mol. The molecule has 4 rings (SSSR count). The Balaban J connectivity index is 1.38. The number of rotatable bonds is 6. The van der Waals surface area contributed by atoms with E-state index in [2.05, 4.69) is 22.3 Å². The molecule has 0 saturated carbocycles. The van der Waals surface area contributed by atoms with Crippen LogP contribution in [-0.2, 0) is 9.59 Å². The van der Waals surface area contributed by atoms with Gasteiger partial charge in [0.1, 0.15) is 17.6 Å². The van der Waals surface area contributed by atoms with Gasteiger partial charge in [-0.1, -0.05) is 24.3 Å². The van der Waals surface area contributed by atoms with Crippen LogP contribution in [0.2, 0.25) is 0 Å². The van der Waals surface area contributed by atoms with E-state index in [1.165, 1.54) is 0 Å². The minimum atomic E-state index is -0.751. The molecule has 33 heavy (non-hydrogen) atoms. The molecule has 2 fully saturated rings. The molecule has 2 aromatic carbocycles. The molecule has 2 aromatic rings. The molecule has 9 heteroatoms. The largest absolute Gasteiger partial charge is 0.497 e. The van der Waals surface area contributed by atoms with Gasteiger partial charge in [0.25, 0.3) is 0 Å². The van der Waals surface area contributed by atoms with Crippen molar-refractivity contribution in [3.63, 3.8) is 0 Å².